The molecule has 0 unspecified atom stereocenters. The van der Waals surface area contributed by atoms with Crippen molar-refractivity contribution in [2.24, 2.45) is 0 Å². The molecule has 0 spiro atoms. The molecular formula is C19H21ClN4O2. The van der Waals surface area contributed by atoms with Gasteiger partial charge in [0.25, 0.3) is 5.56 Å². The third-order valence-corrected chi connectivity index (χ3v) is 4.98. The molecule has 3 heterocycles. The SMILES string of the molecule is Cc1nn(-c2ccc(Cl)cc2)c2[nH]c(=O)c(CNC[C@@H]3CCCO3)cc12. The van der Waals surface area contributed by atoms with Crippen molar-refractivity contribution < 1.29 is 4.74 Å². The molecule has 0 saturated carbocycles. The number of fused-ring (bicyclic) bond motifs is 1. The van der Waals surface area contributed by atoms with Crippen molar-refractivity contribution in [2.45, 2.75) is 32.4 Å². The van der Waals surface area contributed by atoms with E-state index in [1.54, 1.807) is 16.8 Å². The molecule has 0 radical (unpaired) electrons. The summed E-state index contributed by atoms with van der Waals surface area (Å²) >= 11 is 5.96. The Balaban J connectivity index is 1.61. The van der Waals surface area contributed by atoms with Gasteiger partial charge in [-0.15, -0.1) is 0 Å². The van der Waals surface area contributed by atoms with Crippen LogP contribution in [0.25, 0.3) is 16.7 Å². The van der Waals surface area contributed by atoms with Gasteiger partial charge in [0, 0.05) is 35.7 Å². The Morgan fingerprint density at radius 2 is 2.19 bits per heavy atom. The molecule has 1 aliphatic rings. The zero-order chi connectivity index (χ0) is 18.1. The van der Waals surface area contributed by atoms with E-state index in [0.717, 1.165) is 42.8 Å². The quantitative estimate of drug-likeness (QED) is 0.722. The number of nitrogens with one attached hydrogen (secondary N) is 2. The fourth-order valence-electron chi connectivity index (χ4n) is 3.33. The molecule has 0 aliphatic carbocycles. The van der Waals surface area contributed by atoms with Gasteiger partial charge in [0.1, 0.15) is 5.65 Å². The van der Waals surface area contributed by atoms with Crippen LogP contribution in [-0.2, 0) is 11.3 Å². The molecule has 0 bridgehead atoms. The molecule has 6 nitrogen and oxygen atoms in total. The minimum atomic E-state index is -0.104. The molecule has 1 saturated heterocycles. The number of aryl methyl sites for hydroxylation is 1. The topological polar surface area (TPSA) is 71.9 Å². The zero-order valence-electron chi connectivity index (χ0n) is 14.6. The maximum atomic E-state index is 12.5. The van der Waals surface area contributed by atoms with Gasteiger partial charge in [0.2, 0.25) is 0 Å². The first-order chi connectivity index (χ1) is 12.6. The molecule has 3 aromatic rings. The number of benzene rings is 1. The Bertz CT molecular complexity index is 972. The van der Waals surface area contributed by atoms with Crippen molar-refractivity contribution in [2.75, 3.05) is 13.2 Å². The predicted octanol–water partition coefficient (Wildman–Crippen LogP) is 2.94. The molecule has 2 aromatic heterocycles. The summed E-state index contributed by atoms with van der Waals surface area (Å²) in [6, 6.07) is 9.29. The minimum Gasteiger partial charge on any atom is -0.377 e. The largest absolute Gasteiger partial charge is 0.377 e. The smallest absolute Gasteiger partial charge is 0.254 e. The highest BCUT2D eigenvalue weighted by Gasteiger charge is 2.16. The lowest BCUT2D eigenvalue weighted by Gasteiger charge is -2.10. The van der Waals surface area contributed by atoms with Crippen molar-refractivity contribution >= 4 is 22.6 Å². The number of H-pyrrole nitrogens is 1. The number of hydrogen-bond donors (Lipinski definition) is 2. The second kappa shape index (κ2) is 7.23. The predicted molar refractivity (Wildman–Crippen MR) is 102 cm³/mol. The zero-order valence-corrected chi connectivity index (χ0v) is 15.3. The first kappa shape index (κ1) is 17.3. The number of rotatable bonds is 5. The molecule has 1 fully saturated rings. The molecule has 0 amide bonds. The van der Waals surface area contributed by atoms with Crippen LogP contribution in [0.15, 0.2) is 35.1 Å². The van der Waals surface area contributed by atoms with E-state index in [2.05, 4.69) is 15.4 Å². The standard InChI is InChI=1S/C19H21ClN4O2/c1-12-17-9-13(10-21-11-16-3-2-8-26-16)19(25)22-18(17)24(23-12)15-6-4-14(20)5-7-15/h4-7,9,16,21H,2-3,8,10-11H2,1H3,(H,22,25)/t16-/m0/s1. The van der Waals surface area contributed by atoms with Gasteiger partial charge in [-0.05, 0) is 50.1 Å². The van der Waals surface area contributed by atoms with E-state index in [0.29, 0.717) is 22.8 Å². The van der Waals surface area contributed by atoms with Gasteiger partial charge in [-0.3, -0.25) is 4.79 Å². The third kappa shape index (κ3) is 3.40. The molecule has 7 heteroatoms. The number of nitrogens with zero attached hydrogens (tertiary/aromatic N) is 2. The van der Waals surface area contributed by atoms with Gasteiger partial charge < -0.3 is 15.0 Å². The fraction of sp³-hybridized carbons (Fsp3) is 0.368. The molecule has 1 aromatic carbocycles. The summed E-state index contributed by atoms with van der Waals surface area (Å²) in [5.41, 5.74) is 3.01. The van der Waals surface area contributed by atoms with Gasteiger partial charge in [0.05, 0.1) is 17.5 Å². The van der Waals surface area contributed by atoms with Crippen molar-refractivity contribution in [3.05, 3.63) is 57.0 Å². The Morgan fingerprint density at radius 1 is 1.38 bits per heavy atom. The summed E-state index contributed by atoms with van der Waals surface area (Å²) in [6.45, 7) is 4.05. The summed E-state index contributed by atoms with van der Waals surface area (Å²) < 4.78 is 7.34. The highest BCUT2D eigenvalue weighted by Crippen LogP contribution is 2.21. The minimum absolute atomic E-state index is 0.104. The van der Waals surface area contributed by atoms with Crippen molar-refractivity contribution in [3.63, 3.8) is 0 Å². The van der Waals surface area contributed by atoms with Crippen LogP contribution in [0.2, 0.25) is 5.02 Å². The first-order valence-electron chi connectivity index (χ1n) is 8.81. The molecule has 26 heavy (non-hydrogen) atoms. The highest BCUT2D eigenvalue weighted by molar-refractivity contribution is 6.30. The number of aromatic nitrogens is 3. The lowest BCUT2D eigenvalue weighted by atomic mass is 10.2. The van der Waals surface area contributed by atoms with Gasteiger partial charge in [-0.25, -0.2) is 4.68 Å². The van der Waals surface area contributed by atoms with Crippen molar-refractivity contribution in [1.82, 2.24) is 20.1 Å². The number of halogens is 1. The number of hydrogen-bond acceptors (Lipinski definition) is 4. The van der Waals surface area contributed by atoms with Gasteiger partial charge in [-0.1, -0.05) is 11.6 Å². The van der Waals surface area contributed by atoms with Gasteiger partial charge in [0.15, 0.2) is 0 Å². The van der Waals surface area contributed by atoms with Crippen LogP contribution in [0.3, 0.4) is 0 Å². The Labute approximate surface area is 156 Å². The van der Waals surface area contributed by atoms with E-state index in [-0.39, 0.29) is 11.7 Å². The lowest BCUT2D eigenvalue weighted by molar-refractivity contribution is 0.110. The lowest BCUT2D eigenvalue weighted by Crippen LogP contribution is -2.28. The molecule has 1 aliphatic heterocycles. The summed E-state index contributed by atoms with van der Waals surface area (Å²) in [5.74, 6) is 0. The Kier molecular flexibility index (Phi) is 4.80. The fourth-order valence-corrected chi connectivity index (χ4v) is 3.46. The van der Waals surface area contributed by atoms with Gasteiger partial charge >= 0.3 is 0 Å². The van der Waals surface area contributed by atoms with Crippen LogP contribution in [0.5, 0.6) is 0 Å². The maximum absolute atomic E-state index is 12.5. The summed E-state index contributed by atoms with van der Waals surface area (Å²) in [7, 11) is 0. The number of ether oxygens (including phenoxy) is 1. The van der Waals surface area contributed by atoms with E-state index >= 15 is 0 Å². The highest BCUT2D eigenvalue weighted by atomic mass is 35.5. The van der Waals surface area contributed by atoms with E-state index in [4.69, 9.17) is 16.3 Å². The molecule has 4 rings (SSSR count). The second-order valence-electron chi connectivity index (χ2n) is 6.63. The summed E-state index contributed by atoms with van der Waals surface area (Å²) in [5, 5.41) is 9.51. The van der Waals surface area contributed by atoms with Gasteiger partial charge in [-0.2, -0.15) is 5.10 Å². The van der Waals surface area contributed by atoms with E-state index < -0.39 is 0 Å². The molecule has 136 valence electrons. The van der Waals surface area contributed by atoms with E-state index in [1.165, 1.54) is 0 Å². The Morgan fingerprint density at radius 3 is 2.92 bits per heavy atom. The third-order valence-electron chi connectivity index (χ3n) is 4.73. The van der Waals surface area contributed by atoms with E-state index in [1.807, 2.05) is 25.1 Å². The normalized spacial score (nSPS) is 17.2. The maximum Gasteiger partial charge on any atom is 0.254 e. The molecule has 2 N–H and O–H groups in total. The second-order valence-corrected chi connectivity index (χ2v) is 7.06. The number of aromatic amines is 1. The van der Waals surface area contributed by atoms with Crippen molar-refractivity contribution in [1.29, 1.82) is 0 Å². The summed E-state index contributed by atoms with van der Waals surface area (Å²) in [6.07, 6.45) is 2.45. The van der Waals surface area contributed by atoms with Crippen LogP contribution in [0.1, 0.15) is 24.1 Å². The average molecular weight is 373 g/mol. The van der Waals surface area contributed by atoms with Crippen LogP contribution in [-0.4, -0.2) is 34.0 Å². The first-order valence-corrected chi connectivity index (χ1v) is 9.19. The monoisotopic (exact) mass is 372 g/mol. The Hall–Kier alpha value is -2.15. The average Bonchev–Trinajstić information content (AvgIpc) is 3.25. The summed E-state index contributed by atoms with van der Waals surface area (Å²) in [4.78, 5) is 15.5. The molecule has 1 atom stereocenters. The number of pyridine rings is 1. The van der Waals surface area contributed by atoms with Crippen LogP contribution in [0, 0.1) is 6.92 Å². The van der Waals surface area contributed by atoms with Crippen molar-refractivity contribution in [3.8, 4) is 5.69 Å². The van der Waals surface area contributed by atoms with Crippen LogP contribution in [0.4, 0.5) is 0 Å². The van der Waals surface area contributed by atoms with Crippen LogP contribution < -0.4 is 10.9 Å². The van der Waals surface area contributed by atoms with Crippen LogP contribution >= 0.6 is 11.6 Å². The molecular weight excluding hydrogens is 352 g/mol. The van der Waals surface area contributed by atoms with E-state index in [9.17, 15) is 4.79 Å².